The summed E-state index contributed by atoms with van der Waals surface area (Å²) in [5, 5.41) is 6.35. The zero-order chi connectivity index (χ0) is 12.9. The second-order valence-electron chi connectivity index (χ2n) is 4.47. The van der Waals surface area contributed by atoms with Crippen LogP contribution in [0.5, 0.6) is 0 Å². The van der Waals surface area contributed by atoms with Crippen molar-refractivity contribution in [1.29, 1.82) is 0 Å². The highest BCUT2D eigenvalue weighted by molar-refractivity contribution is 6.32. The van der Waals surface area contributed by atoms with Crippen molar-refractivity contribution in [1.82, 2.24) is 5.32 Å². The second-order valence-corrected chi connectivity index (χ2v) is 4.87. The molecule has 2 aliphatic heterocycles. The SMILES string of the molecule is Cc1c(Cl)ccc2c1NC(=O)C1CNCC(=O)N21. The Morgan fingerprint density at radius 2 is 2.17 bits per heavy atom. The van der Waals surface area contributed by atoms with E-state index >= 15 is 0 Å². The molecule has 0 bridgehead atoms. The largest absolute Gasteiger partial charge is 0.322 e. The fourth-order valence-corrected chi connectivity index (χ4v) is 2.57. The number of rotatable bonds is 0. The van der Waals surface area contributed by atoms with Gasteiger partial charge in [0, 0.05) is 11.6 Å². The lowest BCUT2D eigenvalue weighted by Gasteiger charge is -2.40. The summed E-state index contributed by atoms with van der Waals surface area (Å²) in [6, 6.07) is 3.05. The van der Waals surface area contributed by atoms with Crippen molar-refractivity contribution >= 4 is 34.8 Å². The lowest BCUT2D eigenvalue weighted by Crippen LogP contribution is -2.61. The van der Waals surface area contributed by atoms with Crippen molar-refractivity contribution in [3.63, 3.8) is 0 Å². The third-order valence-electron chi connectivity index (χ3n) is 3.38. The minimum atomic E-state index is -0.473. The fourth-order valence-electron chi connectivity index (χ4n) is 2.42. The Hall–Kier alpha value is -1.59. The van der Waals surface area contributed by atoms with E-state index < -0.39 is 6.04 Å². The van der Waals surface area contributed by atoms with Gasteiger partial charge in [0.05, 0.1) is 17.9 Å². The third kappa shape index (κ3) is 1.51. The first kappa shape index (κ1) is 11.5. The van der Waals surface area contributed by atoms with Crippen molar-refractivity contribution in [2.24, 2.45) is 0 Å². The van der Waals surface area contributed by atoms with Gasteiger partial charge in [-0.3, -0.25) is 14.5 Å². The molecule has 0 saturated carbocycles. The molecule has 0 aliphatic carbocycles. The number of hydrogen-bond acceptors (Lipinski definition) is 3. The third-order valence-corrected chi connectivity index (χ3v) is 3.79. The summed E-state index contributed by atoms with van der Waals surface area (Å²) in [4.78, 5) is 25.6. The Bertz CT molecular complexity index is 558. The molecule has 0 spiro atoms. The standard InChI is InChI=1S/C12H12ClN3O2/c1-6-7(13)2-3-8-11(6)15-12(18)9-4-14-5-10(17)16(8)9/h2-3,9,14H,4-5H2,1H3,(H,15,18). The van der Waals surface area contributed by atoms with E-state index in [1.807, 2.05) is 6.92 Å². The van der Waals surface area contributed by atoms with Gasteiger partial charge in [-0.1, -0.05) is 11.6 Å². The minimum absolute atomic E-state index is 0.0935. The number of fused-ring (bicyclic) bond motifs is 3. The molecule has 1 atom stereocenters. The highest BCUT2D eigenvalue weighted by Crippen LogP contribution is 2.38. The van der Waals surface area contributed by atoms with E-state index in [4.69, 9.17) is 11.6 Å². The van der Waals surface area contributed by atoms with Gasteiger partial charge in [-0.2, -0.15) is 0 Å². The number of carbonyl (C=O) groups is 2. The van der Waals surface area contributed by atoms with Crippen LogP contribution in [0.3, 0.4) is 0 Å². The Labute approximate surface area is 109 Å². The molecule has 94 valence electrons. The van der Waals surface area contributed by atoms with Crippen molar-refractivity contribution in [3.8, 4) is 0 Å². The van der Waals surface area contributed by atoms with Crippen LogP contribution >= 0.6 is 11.6 Å². The summed E-state index contributed by atoms with van der Waals surface area (Å²) in [6.07, 6.45) is 0. The smallest absolute Gasteiger partial charge is 0.248 e. The van der Waals surface area contributed by atoms with Crippen LogP contribution in [0.2, 0.25) is 5.02 Å². The van der Waals surface area contributed by atoms with Gasteiger partial charge < -0.3 is 10.6 Å². The molecule has 2 aliphatic rings. The summed E-state index contributed by atoms with van der Waals surface area (Å²) in [5.41, 5.74) is 2.15. The summed E-state index contributed by atoms with van der Waals surface area (Å²) < 4.78 is 0. The van der Waals surface area contributed by atoms with Gasteiger partial charge in [-0.25, -0.2) is 0 Å². The van der Waals surface area contributed by atoms with Gasteiger partial charge in [0.15, 0.2) is 0 Å². The molecule has 1 fully saturated rings. The number of amides is 2. The Morgan fingerprint density at radius 3 is 2.94 bits per heavy atom. The van der Waals surface area contributed by atoms with Crippen LogP contribution in [0.25, 0.3) is 0 Å². The van der Waals surface area contributed by atoms with Crippen LogP contribution in [-0.4, -0.2) is 30.9 Å². The molecule has 0 radical (unpaired) electrons. The summed E-state index contributed by atoms with van der Waals surface area (Å²) in [5.74, 6) is -0.266. The number of benzene rings is 1. The molecule has 18 heavy (non-hydrogen) atoms. The molecule has 2 N–H and O–H groups in total. The monoisotopic (exact) mass is 265 g/mol. The van der Waals surface area contributed by atoms with Crippen LogP contribution in [0.4, 0.5) is 11.4 Å². The van der Waals surface area contributed by atoms with E-state index in [0.717, 1.165) is 11.3 Å². The molecule has 1 aromatic rings. The topological polar surface area (TPSA) is 61.4 Å². The molecular formula is C12H12ClN3O2. The van der Waals surface area contributed by atoms with Gasteiger partial charge in [0.1, 0.15) is 6.04 Å². The number of nitrogens with zero attached hydrogens (tertiary/aromatic N) is 1. The van der Waals surface area contributed by atoms with Crippen LogP contribution in [0.1, 0.15) is 5.56 Å². The predicted molar refractivity (Wildman–Crippen MR) is 69.0 cm³/mol. The maximum Gasteiger partial charge on any atom is 0.248 e. The zero-order valence-electron chi connectivity index (χ0n) is 9.79. The highest BCUT2D eigenvalue weighted by Gasteiger charge is 2.39. The van der Waals surface area contributed by atoms with E-state index in [9.17, 15) is 9.59 Å². The lowest BCUT2D eigenvalue weighted by atomic mass is 10.0. The van der Waals surface area contributed by atoms with Crippen molar-refractivity contribution in [2.45, 2.75) is 13.0 Å². The number of piperazine rings is 1. The van der Waals surface area contributed by atoms with E-state index in [1.165, 1.54) is 0 Å². The summed E-state index contributed by atoms with van der Waals surface area (Å²) in [7, 11) is 0. The van der Waals surface area contributed by atoms with Gasteiger partial charge in [-0.05, 0) is 24.6 Å². The maximum absolute atomic E-state index is 12.0. The Morgan fingerprint density at radius 1 is 1.39 bits per heavy atom. The Kier molecular flexibility index (Phi) is 2.53. The van der Waals surface area contributed by atoms with Crippen molar-refractivity contribution in [2.75, 3.05) is 23.3 Å². The molecule has 1 unspecified atom stereocenters. The number of hydrogen-bond donors (Lipinski definition) is 2. The van der Waals surface area contributed by atoms with Crippen LogP contribution in [0, 0.1) is 6.92 Å². The molecule has 1 saturated heterocycles. The molecule has 6 heteroatoms. The van der Waals surface area contributed by atoms with Crippen molar-refractivity contribution in [3.05, 3.63) is 22.7 Å². The summed E-state index contributed by atoms with van der Waals surface area (Å²) in [6.45, 7) is 2.55. The number of anilines is 2. The van der Waals surface area contributed by atoms with Crippen LogP contribution < -0.4 is 15.5 Å². The van der Waals surface area contributed by atoms with E-state index in [0.29, 0.717) is 17.3 Å². The quantitative estimate of drug-likeness (QED) is 0.733. The molecular weight excluding hydrogens is 254 g/mol. The lowest BCUT2D eigenvalue weighted by molar-refractivity contribution is -0.124. The molecule has 1 aromatic carbocycles. The minimum Gasteiger partial charge on any atom is -0.322 e. The van der Waals surface area contributed by atoms with Crippen LogP contribution in [0.15, 0.2) is 12.1 Å². The predicted octanol–water partition coefficient (Wildman–Crippen LogP) is 0.905. The number of halogens is 1. The van der Waals surface area contributed by atoms with E-state index in [1.54, 1.807) is 17.0 Å². The normalized spacial score (nSPS) is 22.3. The van der Waals surface area contributed by atoms with E-state index in [2.05, 4.69) is 10.6 Å². The molecule has 3 rings (SSSR count). The fraction of sp³-hybridized carbons (Fsp3) is 0.333. The molecule has 0 aromatic heterocycles. The molecule has 2 heterocycles. The first-order valence-corrected chi connectivity index (χ1v) is 6.10. The maximum atomic E-state index is 12.0. The average Bonchev–Trinajstić information content (AvgIpc) is 2.35. The van der Waals surface area contributed by atoms with Crippen molar-refractivity contribution < 1.29 is 9.59 Å². The number of carbonyl (C=O) groups excluding carboxylic acids is 2. The second kappa shape index (κ2) is 3.96. The first-order chi connectivity index (χ1) is 8.59. The van der Waals surface area contributed by atoms with Gasteiger partial charge in [-0.15, -0.1) is 0 Å². The van der Waals surface area contributed by atoms with E-state index in [-0.39, 0.29) is 18.4 Å². The zero-order valence-corrected chi connectivity index (χ0v) is 10.5. The molecule has 5 nitrogen and oxygen atoms in total. The summed E-state index contributed by atoms with van der Waals surface area (Å²) >= 11 is 6.04. The molecule has 2 amide bonds. The van der Waals surface area contributed by atoms with Gasteiger partial charge in [0.25, 0.3) is 0 Å². The average molecular weight is 266 g/mol. The Balaban J connectivity index is 2.18. The highest BCUT2D eigenvalue weighted by atomic mass is 35.5. The van der Waals surface area contributed by atoms with Crippen LogP contribution in [-0.2, 0) is 9.59 Å². The van der Waals surface area contributed by atoms with Gasteiger partial charge >= 0.3 is 0 Å². The number of nitrogens with one attached hydrogen (secondary N) is 2. The first-order valence-electron chi connectivity index (χ1n) is 5.72. The van der Waals surface area contributed by atoms with Gasteiger partial charge in [0.2, 0.25) is 11.8 Å².